The maximum Gasteiger partial charge on any atom is 0.314 e. The van der Waals surface area contributed by atoms with Gasteiger partial charge in [-0.05, 0) is 42.3 Å². The van der Waals surface area contributed by atoms with E-state index < -0.39 is 12.3 Å². The Labute approximate surface area is 137 Å². The number of nitrogens with one attached hydrogen (secondary N) is 1. The predicted octanol–water partition coefficient (Wildman–Crippen LogP) is 4.18. The molecule has 1 heterocycles. The molecule has 0 aliphatic heterocycles. The van der Waals surface area contributed by atoms with Crippen LogP contribution in [0.25, 0.3) is 11.5 Å². The number of nitrogens with zero attached hydrogens (tertiary/aromatic N) is 2. The molecule has 0 radical (unpaired) electrons. The van der Waals surface area contributed by atoms with E-state index in [1.54, 1.807) is 12.1 Å². The Morgan fingerprint density at radius 2 is 1.88 bits per heavy atom. The van der Waals surface area contributed by atoms with Crippen LogP contribution in [0.1, 0.15) is 23.4 Å². The molecule has 0 amide bonds. The third kappa shape index (κ3) is 3.51. The summed E-state index contributed by atoms with van der Waals surface area (Å²) in [4.78, 5) is 0. The van der Waals surface area contributed by atoms with Crippen LogP contribution in [0.2, 0.25) is 0 Å². The van der Waals surface area contributed by atoms with Gasteiger partial charge in [0.15, 0.2) is 0 Å². The third-order valence-corrected chi connectivity index (χ3v) is 3.52. The Morgan fingerprint density at radius 3 is 2.54 bits per heavy atom. The van der Waals surface area contributed by atoms with E-state index in [1.807, 2.05) is 37.3 Å². The van der Waals surface area contributed by atoms with Crippen molar-refractivity contribution < 1.29 is 13.2 Å². The number of halogens is 2. The van der Waals surface area contributed by atoms with Gasteiger partial charge in [0.25, 0.3) is 5.89 Å². The Morgan fingerprint density at radius 1 is 1.12 bits per heavy atom. The van der Waals surface area contributed by atoms with Crippen molar-refractivity contribution in [1.82, 2.24) is 10.2 Å². The molecular weight excluding hydrogens is 314 g/mol. The van der Waals surface area contributed by atoms with Crippen molar-refractivity contribution in [2.45, 2.75) is 19.9 Å². The molecule has 24 heavy (non-hydrogen) atoms. The monoisotopic (exact) mass is 330 g/mol. The number of aromatic nitrogens is 2. The molecule has 0 saturated carbocycles. The van der Waals surface area contributed by atoms with E-state index in [4.69, 9.17) is 10.2 Å². The van der Waals surface area contributed by atoms with E-state index in [0.29, 0.717) is 17.8 Å². The Bertz CT molecular complexity index is 831. The van der Waals surface area contributed by atoms with Crippen molar-refractivity contribution in [3.63, 3.8) is 0 Å². The zero-order chi connectivity index (χ0) is 17.1. The Balaban J connectivity index is 1.69. The second kappa shape index (κ2) is 6.66. The number of hydrogen-bond donors (Lipinski definition) is 2. The highest BCUT2D eigenvalue weighted by Crippen LogP contribution is 2.24. The van der Waals surface area contributed by atoms with Crippen LogP contribution < -0.4 is 11.1 Å². The highest BCUT2D eigenvalue weighted by atomic mass is 19.3. The van der Waals surface area contributed by atoms with Crippen LogP contribution in [0, 0.1) is 6.92 Å². The van der Waals surface area contributed by atoms with E-state index in [-0.39, 0.29) is 5.89 Å². The number of rotatable bonds is 5. The number of benzene rings is 2. The summed E-state index contributed by atoms with van der Waals surface area (Å²) in [5, 5.41) is 10.2. The van der Waals surface area contributed by atoms with Crippen LogP contribution >= 0.6 is 0 Å². The SMILES string of the molecule is Cc1ccc(N)c(NCc2ccc(-c3nnc(C(F)F)o3)cc2)c1. The van der Waals surface area contributed by atoms with Gasteiger partial charge in [0.05, 0.1) is 11.4 Å². The highest BCUT2D eigenvalue weighted by molar-refractivity contribution is 5.67. The highest BCUT2D eigenvalue weighted by Gasteiger charge is 2.16. The summed E-state index contributed by atoms with van der Waals surface area (Å²) in [7, 11) is 0. The van der Waals surface area contributed by atoms with Crippen LogP contribution in [-0.4, -0.2) is 10.2 Å². The Hall–Kier alpha value is -2.96. The third-order valence-electron chi connectivity index (χ3n) is 3.52. The molecule has 124 valence electrons. The van der Waals surface area contributed by atoms with Crippen molar-refractivity contribution >= 4 is 11.4 Å². The normalized spacial score (nSPS) is 11.0. The van der Waals surface area contributed by atoms with Gasteiger partial charge in [0.1, 0.15) is 0 Å². The van der Waals surface area contributed by atoms with E-state index in [1.165, 1.54) is 0 Å². The zero-order valence-electron chi connectivity index (χ0n) is 13.0. The van der Waals surface area contributed by atoms with Crippen molar-refractivity contribution in [3.8, 4) is 11.5 Å². The first-order chi connectivity index (χ1) is 11.5. The fourth-order valence-electron chi connectivity index (χ4n) is 2.23. The second-order valence-electron chi connectivity index (χ2n) is 5.39. The van der Waals surface area contributed by atoms with Gasteiger partial charge in [-0.1, -0.05) is 18.2 Å². The van der Waals surface area contributed by atoms with Gasteiger partial charge in [-0.15, -0.1) is 10.2 Å². The number of aryl methyl sites for hydroxylation is 1. The molecule has 0 aliphatic carbocycles. The van der Waals surface area contributed by atoms with Crippen LogP contribution in [0.15, 0.2) is 46.9 Å². The number of hydrogen-bond acceptors (Lipinski definition) is 5. The van der Waals surface area contributed by atoms with Crippen molar-refractivity contribution in [1.29, 1.82) is 0 Å². The number of anilines is 2. The molecule has 7 heteroatoms. The molecule has 5 nitrogen and oxygen atoms in total. The average Bonchev–Trinajstić information content (AvgIpc) is 3.06. The Kier molecular flexibility index (Phi) is 4.41. The first-order valence-electron chi connectivity index (χ1n) is 7.34. The molecule has 3 aromatic rings. The van der Waals surface area contributed by atoms with Gasteiger partial charge in [0, 0.05) is 12.1 Å². The van der Waals surface area contributed by atoms with Crippen molar-refractivity contribution in [2.75, 3.05) is 11.1 Å². The van der Waals surface area contributed by atoms with Crippen LogP contribution in [-0.2, 0) is 6.54 Å². The van der Waals surface area contributed by atoms with Crippen molar-refractivity contribution in [2.24, 2.45) is 0 Å². The number of alkyl halides is 2. The summed E-state index contributed by atoms with van der Waals surface area (Å²) in [6, 6.07) is 13.0. The maximum atomic E-state index is 12.5. The van der Waals surface area contributed by atoms with E-state index >= 15 is 0 Å². The second-order valence-corrected chi connectivity index (χ2v) is 5.39. The summed E-state index contributed by atoms with van der Waals surface area (Å²) in [5.74, 6) is -0.599. The molecule has 3 N–H and O–H groups in total. The minimum absolute atomic E-state index is 0.0766. The lowest BCUT2D eigenvalue weighted by molar-refractivity contribution is 0.116. The lowest BCUT2D eigenvalue weighted by atomic mass is 10.1. The summed E-state index contributed by atoms with van der Waals surface area (Å²) in [6.07, 6.45) is -2.77. The molecule has 0 fully saturated rings. The summed E-state index contributed by atoms with van der Waals surface area (Å²) in [5.41, 5.74) is 10.2. The molecule has 2 aromatic carbocycles. The summed E-state index contributed by atoms with van der Waals surface area (Å²) >= 11 is 0. The lowest BCUT2D eigenvalue weighted by Crippen LogP contribution is -2.02. The van der Waals surface area contributed by atoms with E-state index in [9.17, 15) is 8.78 Å². The largest absolute Gasteiger partial charge is 0.415 e. The molecular formula is C17H16F2N4O. The van der Waals surface area contributed by atoms with Gasteiger partial charge < -0.3 is 15.5 Å². The molecule has 0 unspecified atom stereocenters. The van der Waals surface area contributed by atoms with Crippen LogP contribution in [0.4, 0.5) is 20.2 Å². The van der Waals surface area contributed by atoms with Gasteiger partial charge in [-0.3, -0.25) is 0 Å². The molecule has 0 aliphatic rings. The lowest BCUT2D eigenvalue weighted by Gasteiger charge is -2.10. The quantitative estimate of drug-likeness (QED) is 0.686. The number of nitrogen functional groups attached to an aromatic ring is 1. The molecule has 3 rings (SSSR count). The van der Waals surface area contributed by atoms with Gasteiger partial charge in [0.2, 0.25) is 5.89 Å². The predicted molar refractivity (Wildman–Crippen MR) is 87.6 cm³/mol. The topological polar surface area (TPSA) is 77.0 Å². The van der Waals surface area contributed by atoms with Gasteiger partial charge in [-0.2, -0.15) is 8.78 Å². The minimum atomic E-state index is -2.77. The van der Waals surface area contributed by atoms with Crippen LogP contribution in [0.5, 0.6) is 0 Å². The fraction of sp³-hybridized carbons (Fsp3) is 0.176. The van der Waals surface area contributed by atoms with E-state index in [0.717, 1.165) is 16.8 Å². The van der Waals surface area contributed by atoms with Gasteiger partial charge in [-0.25, -0.2) is 0 Å². The molecule has 0 atom stereocenters. The number of nitrogens with two attached hydrogens (primary N) is 1. The van der Waals surface area contributed by atoms with Gasteiger partial charge >= 0.3 is 6.43 Å². The molecule has 1 aromatic heterocycles. The summed E-state index contributed by atoms with van der Waals surface area (Å²) in [6.45, 7) is 2.58. The molecule has 0 spiro atoms. The molecule has 0 saturated heterocycles. The first-order valence-corrected chi connectivity index (χ1v) is 7.34. The fourth-order valence-corrected chi connectivity index (χ4v) is 2.23. The van der Waals surface area contributed by atoms with Crippen molar-refractivity contribution in [3.05, 3.63) is 59.5 Å². The minimum Gasteiger partial charge on any atom is -0.415 e. The first kappa shape index (κ1) is 15.9. The molecule has 0 bridgehead atoms. The standard InChI is InChI=1S/C17H16F2N4O/c1-10-2-7-13(20)14(8-10)21-9-11-3-5-12(6-4-11)16-22-23-17(24-16)15(18)19/h2-8,15,21H,9,20H2,1H3. The van der Waals surface area contributed by atoms with E-state index in [2.05, 4.69) is 15.5 Å². The summed E-state index contributed by atoms with van der Waals surface area (Å²) < 4.78 is 29.9. The smallest absolute Gasteiger partial charge is 0.314 e. The maximum absolute atomic E-state index is 12.5. The average molecular weight is 330 g/mol. The van der Waals surface area contributed by atoms with Crippen LogP contribution in [0.3, 0.4) is 0 Å². The zero-order valence-corrected chi connectivity index (χ0v) is 13.0.